The van der Waals surface area contributed by atoms with Crippen molar-refractivity contribution in [2.45, 2.75) is 32.4 Å². The van der Waals surface area contributed by atoms with Gasteiger partial charge in [-0.05, 0) is 60.7 Å². The summed E-state index contributed by atoms with van der Waals surface area (Å²) >= 11 is 0. The maximum absolute atomic E-state index is 14.4. The SMILES string of the molecule is Cc1c(F)cc(C(=O)NC2CC2)cc1-c1ccc(-c2nnc(CN)o2)cc1. The molecule has 7 heteroatoms. The highest BCUT2D eigenvalue weighted by molar-refractivity contribution is 5.96. The Bertz CT molecular complexity index is 994. The molecule has 3 N–H and O–H groups in total. The summed E-state index contributed by atoms with van der Waals surface area (Å²) in [6, 6.07) is 10.5. The molecule has 1 aliphatic rings. The molecule has 27 heavy (non-hydrogen) atoms. The highest BCUT2D eigenvalue weighted by Crippen LogP contribution is 2.29. The lowest BCUT2D eigenvalue weighted by atomic mass is 9.96. The third kappa shape index (κ3) is 3.59. The molecule has 1 heterocycles. The Morgan fingerprint density at radius 1 is 1.22 bits per heavy atom. The lowest BCUT2D eigenvalue weighted by molar-refractivity contribution is 0.0950. The minimum atomic E-state index is -0.401. The zero-order valence-corrected chi connectivity index (χ0v) is 14.8. The van der Waals surface area contributed by atoms with E-state index in [1.54, 1.807) is 13.0 Å². The van der Waals surface area contributed by atoms with Crippen LogP contribution in [0.2, 0.25) is 0 Å². The number of rotatable bonds is 5. The maximum Gasteiger partial charge on any atom is 0.251 e. The van der Waals surface area contributed by atoms with Crippen LogP contribution in [0.4, 0.5) is 4.39 Å². The van der Waals surface area contributed by atoms with Crippen molar-refractivity contribution in [1.29, 1.82) is 0 Å². The third-order valence-electron chi connectivity index (χ3n) is 4.60. The van der Waals surface area contributed by atoms with Crippen LogP contribution in [0.25, 0.3) is 22.6 Å². The van der Waals surface area contributed by atoms with Gasteiger partial charge in [0.1, 0.15) is 5.82 Å². The monoisotopic (exact) mass is 366 g/mol. The summed E-state index contributed by atoms with van der Waals surface area (Å²) in [6.45, 7) is 1.88. The molecule has 1 aromatic heterocycles. The topological polar surface area (TPSA) is 94.0 Å². The normalized spacial score (nSPS) is 13.6. The van der Waals surface area contributed by atoms with E-state index in [1.807, 2.05) is 24.3 Å². The molecule has 4 rings (SSSR count). The summed E-state index contributed by atoms with van der Waals surface area (Å²) in [5.41, 5.74) is 8.52. The first-order chi connectivity index (χ1) is 13.0. The average molecular weight is 366 g/mol. The summed E-state index contributed by atoms with van der Waals surface area (Å²) in [4.78, 5) is 12.3. The molecule has 0 aliphatic heterocycles. The number of hydrogen-bond donors (Lipinski definition) is 2. The molecule has 0 atom stereocenters. The Labute approximate surface area is 155 Å². The van der Waals surface area contributed by atoms with Crippen molar-refractivity contribution in [3.63, 3.8) is 0 Å². The fraction of sp³-hybridized carbons (Fsp3) is 0.250. The van der Waals surface area contributed by atoms with E-state index in [-0.39, 0.29) is 18.5 Å². The molecule has 0 unspecified atom stereocenters. The van der Waals surface area contributed by atoms with Gasteiger partial charge < -0.3 is 15.5 Å². The van der Waals surface area contributed by atoms with E-state index in [1.165, 1.54) is 6.07 Å². The number of carbonyl (C=O) groups excluding carboxylic acids is 1. The lowest BCUT2D eigenvalue weighted by Crippen LogP contribution is -2.25. The number of amides is 1. The molecule has 138 valence electrons. The molecule has 0 bridgehead atoms. The van der Waals surface area contributed by atoms with Gasteiger partial charge in [0.2, 0.25) is 11.8 Å². The van der Waals surface area contributed by atoms with Crippen molar-refractivity contribution < 1.29 is 13.6 Å². The van der Waals surface area contributed by atoms with Crippen molar-refractivity contribution in [1.82, 2.24) is 15.5 Å². The molecule has 1 fully saturated rings. The van der Waals surface area contributed by atoms with Crippen LogP contribution < -0.4 is 11.1 Å². The van der Waals surface area contributed by atoms with Crippen LogP contribution in [0.5, 0.6) is 0 Å². The van der Waals surface area contributed by atoms with Crippen molar-refractivity contribution in [3.05, 3.63) is 59.2 Å². The standard InChI is InChI=1S/C20H19FN4O2/c1-11-16(8-14(9-17(11)21)19(26)23-15-6-7-15)12-2-4-13(5-3-12)20-25-24-18(10-22)27-20/h2-5,8-9,15H,6-7,10,22H2,1H3,(H,23,26). The summed E-state index contributed by atoms with van der Waals surface area (Å²) < 4.78 is 19.8. The largest absolute Gasteiger partial charge is 0.419 e. The minimum Gasteiger partial charge on any atom is -0.419 e. The van der Waals surface area contributed by atoms with Gasteiger partial charge in [0.25, 0.3) is 5.91 Å². The highest BCUT2D eigenvalue weighted by Gasteiger charge is 2.24. The number of hydrogen-bond acceptors (Lipinski definition) is 5. The Morgan fingerprint density at radius 3 is 2.56 bits per heavy atom. The molecule has 0 saturated heterocycles. The first kappa shape index (κ1) is 17.4. The number of aromatic nitrogens is 2. The van der Waals surface area contributed by atoms with Gasteiger partial charge in [0.05, 0.1) is 6.54 Å². The third-order valence-corrected chi connectivity index (χ3v) is 4.60. The molecule has 0 spiro atoms. The molecule has 1 amide bonds. The van der Waals surface area contributed by atoms with Gasteiger partial charge in [-0.2, -0.15) is 0 Å². The van der Waals surface area contributed by atoms with Gasteiger partial charge >= 0.3 is 0 Å². The van der Waals surface area contributed by atoms with Crippen molar-refractivity contribution >= 4 is 5.91 Å². The summed E-state index contributed by atoms with van der Waals surface area (Å²) in [6.07, 6.45) is 1.96. The zero-order chi connectivity index (χ0) is 19.0. The Balaban J connectivity index is 1.65. The predicted molar refractivity (Wildman–Crippen MR) is 98.2 cm³/mol. The molecule has 0 radical (unpaired) electrons. The second kappa shape index (κ2) is 6.92. The first-order valence-electron chi connectivity index (χ1n) is 8.79. The second-order valence-corrected chi connectivity index (χ2v) is 6.66. The lowest BCUT2D eigenvalue weighted by Gasteiger charge is -2.11. The van der Waals surface area contributed by atoms with Crippen LogP contribution in [0.15, 0.2) is 40.8 Å². The summed E-state index contributed by atoms with van der Waals surface area (Å²) in [5, 5.41) is 10.7. The first-order valence-corrected chi connectivity index (χ1v) is 8.79. The molecule has 1 aliphatic carbocycles. The molecule has 2 aromatic carbocycles. The van der Waals surface area contributed by atoms with Gasteiger partial charge in [0, 0.05) is 17.2 Å². The quantitative estimate of drug-likeness (QED) is 0.723. The number of nitrogens with zero attached hydrogens (tertiary/aromatic N) is 2. The van der Waals surface area contributed by atoms with E-state index in [0.717, 1.165) is 24.0 Å². The Kier molecular flexibility index (Phi) is 4.45. The van der Waals surface area contributed by atoms with Crippen LogP contribution in [0.3, 0.4) is 0 Å². The van der Waals surface area contributed by atoms with E-state index in [2.05, 4.69) is 15.5 Å². The van der Waals surface area contributed by atoms with E-state index < -0.39 is 5.82 Å². The van der Waals surface area contributed by atoms with Crippen LogP contribution in [-0.2, 0) is 6.54 Å². The van der Waals surface area contributed by atoms with Crippen LogP contribution >= 0.6 is 0 Å². The van der Waals surface area contributed by atoms with E-state index >= 15 is 0 Å². The summed E-state index contributed by atoms with van der Waals surface area (Å²) in [7, 11) is 0. The highest BCUT2D eigenvalue weighted by atomic mass is 19.1. The fourth-order valence-corrected chi connectivity index (χ4v) is 2.85. The van der Waals surface area contributed by atoms with Crippen LogP contribution in [0.1, 0.15) is 34.7 Å². The predicted octanol–water partition coefficient (Wildman–Crippen LogP) is 3.20. The molecule has 3 aromatic rings. The second-order valence-electron chi connectivity index (χ2n) is 6.66. The summed E-state index contributed by atoms with van der Waals surface area (Å²) in [5.74, 6) is 0.0975. The van der Waals surface area contributed by atoms with E-state index in [9.17, 15) is 9.18 Å². The van der Waals surface area contributed by atoms with Gasteiger partial charge in [-0.1, -0.05) is 12.1 Å². The van der Waals surface area contributed by atoms with Gasteiger partial charge in [-0.15, -0.1) is 10.2 Å². The average Bonchev–Trinajstić information content (AvgIpc) is 3.36. The fourth-order valence-electron chi connectivity index (χ4n) is 2.85. The molecular formula is C20H19FN4O2. The Hall–Kier alpha value is -3.06. The maximum atomic E-state index is 14.4. The molecule has 1 saturated carbocycles. The van der Waals surface area contributed by atoms with Crippen LogP contribution in [-0.4, -0.2) is 22.1 Å². The zero-order valence-electron chi connectivity index (χ0n) is 14.8. The van der Waals surface area contributed by atoms with Gasteiger partial charge in [0.15, 0.2) is 0 Å². The molecular weight excluding hydrogens is 347 g/mol. The van der Waals surface area contributed by atoms with Gasteiger partial charge in [-0.3, -0.25) is 4.79 Å². The number of nitrogens with two attached hydrogens (primary N) is 1. The van der Waals surface area contributed by atoms with E-state index in [0.29, 0.717) is 28.5 Å². The molecule has 6 nitrogen and oxygen atoms in total. The number of halogens is 1. The van der Waals surface area contributed by atoms with Crippen molar-refractivity contribution in [2.24, 2.45) is 5.73 Å². The Morgan fingerprint density at radius 2 is 1.93 bits per heavy atom. The number of benzene rings is 2. The number of carbonyl (C=O) groups is 1. The van der Waals surface area contributed by atoms with E-state index in [4.69, 9.17) is 10.2 Å². The van der Waals surface area contributed by atoms with Crippen LogP contribution in [0, 0.1) is 12.7 Å². The minimum absolute atomic E-state index is 0.180. The van der Waals surface area contributed by atoms with Crippen molar-refractivity contribution in [3.8, 4) is 22.6 Å². The number of nitrogens with one attached hydrogen (secondary N) is 1. The van der Waals surface area contributed by atoms with Gasteiger partial charge in [-0.25, -0.2) is 4.39 Å². The smallest absolute Gasteiger partial charge is 0.251 e. The van der Waals surface area contributed by atoms with Crippen molar-refractivity contribution in [2.75, 3.05) is 0 Å².